The first-order chi connectivity index (χ1) is 9.76. The number of halogens is 2. The van der Waals surface area contributed by atoms with Gasteiger partial charge in [-0.15, -0.1) is 11.6 Å². The summed E-state index contributed by atoms with van der Waals surface area (Å²) in [5.41, 5.74) is 1.19. The molecule has 0 unspecified atom stereocenters. The van der Waals surface area contributed by atoms with Gasteiger partial charge in [-0.2, -0.15) is 4.98 Å². The first-order valence-electron chi connectivity index (χ1n) is 6.65. The molecule has 1 saturated carbocycles. The lowest BCUT2D eigenvalue weighted by molar-refractivity contribution is 0.383. The Balaban J connectivity index is 1.46. The van der Waals surface area contributed by atoms with E-state index in [4.69, 9.17) is 27.7 Å². The van der Waals surface area contributed by atoms with Gasteiger partial charge in [0, 0.05) is 29.7 Å². The molecule has 2 aromatic rings. The fourth-order valence-corrected chi connectivity index (χ4v) is 3.54. The molecule has 1 saturated heterocycles. The van der Waals surface area contributed by atoms with Crippen molar-refractivity contribution in [1.29, 1.82) is 0 Å². The van der Waals surface area contributed by atoms with E-state index in [9.17, 15) is 0 Å². The predicted octanol–water partition coefficient (Wildman–Crippen LogP) is 3.31. The fraction of sp³-hybridized carbons (Fsp3) is 0.429. The van der Waals surface area contributed by atoms with Gasteiger partial charge in [0.05, 0.1) is 0 Å². The van der Waals surface area contributed by atoms with Gasteiger partial charge in [0.15, 0.2) is 5.82 Å². The van der Waals surface area contributed by atoms with Gasteiger partial charge in [-0.05, 0) is 30.0 Å². The van der Waals surface area contributed by atoms with Crippen LogP contribution in [-0.2, 0) is 5.88 Å². The van der Waals surface area contributed by atoms with Crippen LogP contribution in [0, 0.1) is 11.8 Å². The Morgan fingerprint density at radius 2 is 2.10 bits per heavy atom. The molecule has 3 atom stereocenters. The fourth-order valence-electron chi connectivity index (χ4n) is 3.25. The number of nitrogens with zero attached hydrogens (tertiary/aromatic N) is 3. The van der Waals surface area contributed by atoms with Crippen LogP contribution in [0.4, 0.5) is 5.69 Å². The quantitative estimate of drug-likeness (QED) is 0.816. The van der Waals surface area contributed by atoms with Gasteiger partial charge in [-0.25, -0.2) is 0 Å². The van der Waals surface area contributed by atoms with Gasteiger partial charge >= 0.3 is 0 Å². The summed E-state index contributed by atoms with van der Waals surface area (Å²) >= 11 is 11.7. The Morgan fingerprint density at radius 3 is 2.75 bits per heavy atom. The van der Waals surface area contributed by atoms with Crippen LogP contribution in [0.3, 0.4) is 0 Å². The molecule has 2 heterocycles. The second-order valence-electron chi connectivity index (χ2n) is 5.42. The van der Waals surface area contributed by atoms with Crippen LogP contribution in [0.1, 0.15) is 17.6 Å². The van der Waals surface area contributed by atoms with E-state index in [-0.39, 0.29) is 5.88 Å². The number of hydrogen-bond donors (Lipinski definition) is 0. The number of aromatic nitrogens is 2. The van der Waals surface area contributed by atoms with Gasteiger partial charge in [0.25, 0.3) is 0 Å². The molecule has 1 aliphatic heterocycles. The Kier molecular flexibility index (Phi) is 2.89. The van der Waals surface area contributed by atoms with Crippen molar-refractivity contribution in [3.63, 3.8) is 0 Å². The molecular formula is C14H13Cl2N3O. The van der Waals surface area contributed by atoms with E-state index in [0.29, 0.717) is 23.6 Å². The van der Waals surface area contributed by atoms with E-state index < -0.39 is 0 Å². The van der Waals surface area contributed by atoms with Crippen LogP contribution >= 0.6 is 23.2 Å². The molecule has 6 heteroatoms. The second kappa shape index (κ2) is 4.64. The number of hydrogen-bond acceptors (Lipinski definition) is 4. The Labute approximate surface area is 126 Å². The number of piperidine rings is 1. The molecule has 2 fully saturated rings. The highest BCUT2D eigenvalue weighted by atomic mass is 35.5. The smallest absolute Gasteiger partial charge is 0.241 e. The molecule has 2 aliphatic rings. The first kappa shape index (κ1) is 12.5. The maximum absolute atomic E-state index is 6.04. The highest BCUT2D eigenvalue weighted by molar-refractivity contribution is 6.30. The zero-order valence-electron chi connectivity index (χ0n) is 10.7. The topological polar surface area (TPSA) is 42.2 Å². The summed E-state index contributed by atoms with van der Waals surface area (Å²) < 4.78 is 5.08. The molecule has 0 radical (unpaired) electrons. The van der Waals surface area contributed by atoms with Crippen molar-refractivity contribution in [2.75, 3.05) is 18.0 Å². The summed E-state index contributed by atoms with van der Waals surface area (Å²) in [7, 11) is 0. The number of anilines is 1. The molecule has 4 nitrogen and oxygen atoms in total. The molecule has 104 valence electrons. The Hall–Kier alpha value is -1.26. The zero-order valence-corrected chi connectivity index (χ0v) is 12.2. The van der Waals surface area contributed by atoms with Gasteiger partial charge in [-0.3, -0.25) is 0 Å². The van der Waals surface area contributed by atoms with Crippen molar-refractivity contribution < 1.29 is 4.52 Å². The Bertz CT molecular complexity index is 633. The highest BCUT2D eigenvalue weighted by Gasteiger charge is 2.58. The maximum Gasteiger partial charge on any atom is 0.241 e. The van der Waals surface area contributed by atoms with Crippen LogP contribution in [0.2, 0.25) is 5.02 Å². The zero-order chi connectivity index (χ0) is 13.7. The van der Waals surface area contributed by atoms with Crippen LogP contribution < -0.4 is 4.90 Å². The van der Waals surface area contributed by atoms with Gasteiger partial charge in [0.1, 0.15) is 5.88 Å². The summed E-state index contributed by atoms with van der Waals surface area (Å²) in [6.07, 6.45) is 0. The molecule has 1 aliphatic carbocycles. The molecule has 1 aromatic carbocycles. The third kappa shape index (κ3) is 1.98. The van der Waals surface area contributed by atoms with Crippen molar-refractivity contribution in [3.8, 4) is 0 Å². The van der Waals surface area contributed by atoms with Crippen molar-refractivity contribution in [2.24, 2.45) is 11.8 Å². The van der Waals surface area contributed by atoms with Gasteiger partial charge < -0.3 is 9.42 Å². The summed E-state index contributed by atoms with van der Waals surface area (Å²) in [6, 6.07) is 8.01. The molecule has 0 spiro atoms. The Morgan fingerprint density at radius 1 is 1.30 bits per heavy atom. The van der Waals surface area contributed by atoms with Crippen LogP contribution in [-0.4, -0.2) is 23.2 Å². The van der Waals surface area contributed by atoms with Crippen molar-refractivity contribution in [2.45, 2.75) is 11.8 Å². The summed E-state index contributed by atoms with van der Waals surface area (Å²) in [6.45, 7) is 2.06. The number of fused-ring (bicyclic) bond motifs is 1. The molecule has 0 bridgehead atoms. The molecular weight excluding hydrogens is 297 g/mol. The van der Waals surface area contributed by atoms with E-state index in [1.807, 2.05) is 18.2 Å². The predicted molar refractivity (Wildman–Crippen MR) is 77.2 cm³/mol. The highest BCUT2D eigenvalue weighted by Crippen LogP contribution is 2.57. The lowest BCUT2D eigenvalue weighted by Gasteiger charge is -2.21. The molecule has 0 amide bonds. The van der Waals surface area contributed by atoms with Gasteiger partial charge in [0.2, 0.25) is 5.89 Å². The average Bonchev–Trinajstić information content (AvgIpc) is 2.87. The molecule has 4 rings (SSSR count). The monoisotopic (exact) mass is 309 g/mol. The number of alkyl halides is 1. The molecule has 0 N–H and O–H groups in total. The van der Waals surface area contributed by atoms with Crippen molar-refractivity contribution in [3.05, 3.63) is 41.0 Å². The minimum atomic E-state index is 0.281. The van der Waals surface area contributed by atoms with E-state index >= 15 is 0 Å². The van der Waals surface area contributed by atoms with E-state index in [0.717, 1.165) is 23.9 Å². The SMILES string of the molecule is ClCc1nc([C@@H]2[C@@H]3CN(c4cccc(Cl)c4)C[C@@H]32)no1. The van der Waals surface area contributed by atoms with Gasteiger partial charge in [-0.1, -0.05) is 22.8 Å². The normalized spacial score (nSPS) is 27.7. The standard InChI is InChI=1S/C14H13Cl2N3O/c15-5-12-17-14(18-20-12)13-10-6-19(7-11(10)13)9-3-1-2-8(16)4-9/h1-4,10-11,13H,5-7H2/t10-,11+,13-. The summed E-state index contributed by atoms with van der Waals surface area (Å²) in [5.74, 6) is 3.29. The number of rotatable bonds is 3. The second-order valence-corrected chi connectivity index (χ2v) is 6.12. The lowest BCUT2D eigenvalue weighted by Crippen LogP contribution is -2.23. The molecule has 20 heavy (non-hydrogen) atoms. The van der Waals surface area contributed by atoms with E-state index in [2.05, 4.69) is 21.1 Å². The van der Waals surface area contributed by atoms with Crippen LogP contribution in [0.25, 0.3) is 0 Å². The van der Waals surface area contributed by atoms with E-state index in [1.165, 1.54) is 5.69 Å². The average molecular weight is 310 g/mol. The summed E-state index contributed by atoms with van der Waals surface area (Å²) in [4.78, 5) is 6.71. The van der Waals surface area contributed by atoms with Crippen LogP contribution in [0.5, 0.6) is 0 Å². The first-order valence-corrected chi connectivity index (χ1v) is 7.56. The largest absolute Gasteiger partial charge is 0.371 e. The van der Waals surface area contributed by atoms with Crippen LogP contribution in [0.15, 0.2) is 28.8 Å². The minimum absolute atomic E-state index is 0.281. The summed E-state index contributed by atoms with van der Waals surface area (Å²) in [5, 5.41) is 4.82. The van der Waals surface area contributed by atoms with Crippen molar-refractivity contribution in [1.82, 2.24) is 10.1 Å². The third-order valence-corrected chi connectivity index (χ3v) is 4.73. The minimum Gasteiger partial charge on any atom is -0.371 e. The van der Waals surface area contributed by atoms with E-state index in [1.54, 1.807) is 0 Å². The number of benzene rings is 1. The lowest BCUT2D eigenvalue weighted by atomic mass is 10.2. The van der Waals surface area contributed by atoms with Crippen molar-refractivity contribution >= 4 is 28.9 Å². The molecule has 1 aromatic heterocycles. The third-order valence-electron chi connectivity index (χ3n) is 4.26. The maximum atomic E-state index is 6.04.